The fourth-order valence-electron chi connectivity index (χ4n) is 3.23. The summed E-state index contributed by atoms with van der Waals surface area (Å²) in [7, 11) is 4.00. The van der Waals surface area contributed by atoms with Gasteiger partial charge in [0.05, 0.1) is 18.7 Å². The maximum absolute atomic E-state index is 12.9. The molecule has 2 N–H and O–H groups in total. The predicted molar refractivity (Wildman–Crippen MR) is 87.3 cm³/mol. The summed E-state index contributed by atoms with van der Waals surface area (Å²) in [5, 5.41) is 0.806. The third-order valence-electron chi connectivity index (χ3n) is 4.55. The normalized spacial score (nSPS) is 15.8. The molecule has 1 fully saturated rings. The van der Waals surface area contributed by atoms with Gasteiger partial charge in [-0.15, -0.1) is 0 Å². The van der Waals surface area contributed by atoms with Gasteiger partial charge in [0.2, 0.25) is 0 Å². The molecule has 0 bridgehead atoms. The van der Waals surface area contributed by atoms with Crippen LogP contribution in [0.1, 0.15) is 24.1 Å². The molecule has 0 spiro atoms. The van der Waals surface area contributed by atoms with Crippen LogP contribution < -0.4 is 15.2 Å². The molecule has 1 aliphatic rings. The van der Waals surface area contributed by atoms with Crippen LogP contribution >= 0.6 is 0 Å². The first-order chi connectivity index (χ1) is 10.1. The van der Waals surface area contributed by atoms with Gasteiger partial charge in [-0.05, 0) is 25.1 Å². The number of pyridine rings is 1. The second kappa shape index (κ2) is 5.53. The van der Waals surface area contributed by atoms with Gasteiger partial charge < -0.3 is 14.8 Å². The van der Waals surface area contributed by atoms with E-state index in [0.717, 1.165) is 34.4 Å². The van der Waals surface area contributed by atoms with Crippen molar-refractivity contribution in [3.8, 4) is 0 Å². The molecule has 3 rings (SSSR count). The lowest BCUT2D eigenvalue weighted by Crippen LogP contribution is -3.08. The Morgan fingerprint density at radius 1 is 1.24 bits per heavy atom. The highest BCUT2D eigenvalue weighted by Gasteiger charge is 2.19. The molecule has 0 amide bonds. The largest absolute Gasteiger partial charge is 0.378 e. The molecule has 2 heterocycles. The molecule has 1 saturated heterocycles. The van der Waals surface area contributed by atoms with Crippen molar-refractivity contribution in [2.45, 2.75) is 26.3 Å². The number of H-pyrrole nitrogens is 1. The van der Waals surface area contributed by atoms with E-state index >= 15 is 0 Å². The van der Waals surface area contributed by atoms with Crippen molar-refractivity contribution in [2.75, 3.05) is 32.1 Å². The number of fused-ring (bicyclic) bond motifs is 1. The quantitative estimate of drug-likeness (QED) is 0.886. The van der Waals surface area contributed by atoms with E-state index in [0.29, 0.717) is 0 Å². The molecule has 0 aliphatic carbocycles. The molecular weight excluding hydrogens is 262 g/mol. The van der Waals surface area contributed by atoms with E-state index in [9.17, 15) is 4.79 Å². The number of aromatic nitrogens is 1. The van der Waals surface area contributed by atoms with Crippen molar-refractivity contribution in [3.63, 3.8) is 0 Å². The summed E-state index contributed by atoms with van der Waals surface area (Å²) in [6.45, 7) is 5.25. The molecule has 0 atom stereocenters. The number of hydrogen-bond acceptors (Lipinski definition) is 2. The van der Waals surface area contributed by atoms with E-state index in [-0.39, 0.29) is 5.43 Å². The molecule has 21 heavy (non-hydrogen) atoms. The summed E-state index contributed by atoms with van der Waals surface area (Å²) in [5.41, 5.74) is 4.17. The molecular formula is C17H24N3O+. The van der Waals surface area contributed by atoms with E-state index in [1.54, 1.807) is 0 Å². The molecule has 4 nitrogen and oxygen atoms in total. The molecule has 4 heteroatoms. The highest BCUT2D eigenvalue weighted by atomic mass is 16.1. The first kappa shape index (κ1) is 14.1. The van der Waals surface area contributed by atoms with E-state index in [2.05, 4.69) is 4.98 Å². The maximum Gasteiger partial charge on any atom is 0.198 e. The summed E-state index contributed by atoms with van der Waals surface area (Å²) in [6, 6.07) is 6.05. The first-order valence-corrected chi connectivity index (χ1v) is 7.72. The van der Waals surface area contributed by atoms with Crippen LogP contribution in [0.15, 0.2) is 23.0 Å². The highest BCUT2D eigenvalue weighted by molar-refractivity contribution is 5.83. The Bertz CT molecular complexity index is 712. The smallest absolute Gasteiger partial charge is 0.198 e. The molecule has 1 aromatic heterocycles. The number of nitrogens with zero attached hydrogens (tertiary/aromatic N) is 1. The Morgan fingerprint density at radius 3 is 2.62 bits per heavy atom. The van der Waals surface area contributed by atoms with Crippen LogP contribution in [0, 0.1) is 6.92 Å². The zero-order valence-corrected chi connectivity index (χ0v) is 13.1. The van der Waals surface area contributed by atoms with Crippen molar-refractivity contribution in [1.29, 1.82) is 0 Å². The van der Waals surface area contributed by atoms with Gasteiger partial charge in [-0.3, -0.25) is 4.79 Å². The Balaban J connectivity index is 2.09. The van der Waals surface area contributed by atoms with Gasteiger partial charge in [-0.2, -0.15) is 0 Å². The summed E-state index contributed by atoms with van der Waals surface area (Å²) in [5.74, 6) is 0. The van der Waals surface area contributed by atoms with E-state index in [4.69, 9.17) is 0 Å². The monoisotopic (exact) mass is 286 g/mol. The van der Waals surface area contributed by atoms with Gasteiger partial charge in [0.15, 0.2) is 5.43 Å². The number of quaternary nitrogens is 1. The lowest BCUT2D eigenvalue weighted by Gasteiger charge is -2.16. The van der Waals surface area contributed by atoms with Gasteiger partial charge >= 0.3 is 0 Å². The second-order valence-corrected chi connectivity index (χ2v) is 6.32. The number of anilines is 1. The molecule has 0 radical (unpaired) electrons. The first-order valence-electron chi connectivity index (χ1n) is 7.72. The summed E-state index contributed by atoms with van der Waals surface area (Å²) < 4.78 is 0. The van der Waals surface area contributed by atoms with Crippen molar-refractivity contribution < 1.29 is 4.90 Å². The topological polar surface area (TPSA) is 40.5 Å². The molecule has 0 unspecified atom stereocenters. The second-order valence-electron chi connectivity index (χ2n) is 6.32. The molecule has 0 saturated carbocycles. The van der Waals surface area contributed by atoms with Crippen LogP contribution in [0.3, 0.4) is 0 Å². The van der Waals surface area contributed by atoms with Crippen molar-refractivity contribution in [3.05, 3.63) is 39.7 Å². The molecule has 112 valence electrons. The van der Waals surface area contributed by atoms with Gasteiger partial charge in [0.25, 0.3) is 0 Å². The molecule has 1 aliphatic heterocycles. The van der Waals surface area contributed by atoms with Crippen LogP contribution in [0.2, 0.25) is 0 Å². The average molecular weight is 286 g/mol. The number of hydrogen-bond donors (Lipinski definition) is 2. The Hall–Kier alpha value is -1.81. The maximum atomic E-state index is 12.9. The van der Waals surface area contributed by atoms with Gasteiger partial charge in [-0.1, -0.05) is 0 Å². The van der Waals surface area contributed by atoms with Gasteiger partial charge in [0, 0.05) is 49.2 Å². The van der Waals surface area contributed by atoms with E-state index < -0.39 is 0 Å². The Labute approximate surface area is 125 Å². The predicted octanol–water partition coefficient (Wildman–Crippen LogP) is 1.08. The minimum absolute atomic E-state index is 0.198. The van der Waals surface area contributed by atoms with Crippen LogP contribution in [0.25, 0.3) is 10.9 Å². The summed E-state index contributed by atoms with van der Waals surface area (Å²) in [4.78, 5) is 19.8. The summed E-state index contributed by atoms with van der Waals surface area (Å²) >= 11 is 0. The van der Waals surface area contributed by atoms with Crippen molar-refractivity contribution in [2.24, 2.45) is 0 Å². The standard InChI is InChI=1S/C17H23N3O/c1-12-15(11-20-8-4-5-9-20)17(21)14-10-13(19(2)3)6-7-16(14)18-12/h6-7,10H,4-5,8-9,11H2,1-3H3,(H,18,21)/p+1. The number of rotatable bonds is 3. The van der Waals surface area contributed by atoms with Crippen LogP contribution in [-0.2, 0) is 6.54 Å². The fraction of sp³-hybridized carbons (Fsp3) is 0.471. The molecule has 2 aromatic rings. The zero-order valence-electron chi connectivity index (χ0n) is 13.1. The minimum atomic E-state index is 0.198. The lowest BCUT2D eigenvalue weighted by atomic mass is 10.1. The van der Waals surface area contributed by atoms with Gasteiger partial charge in [0.1, 0.15) is 6.54 Å². The third-order valence-corrected chi connectivity index (χ3v) is 4.55. The van der Waals surface area contributed by atoms with Crippen LogP contribution in [0.4, 0.5) is 5.69 Å². The third kappa shape index (κ3) is 2.68. The lowest BCUT2D eigenvalue weighted by molar-refractivity contribution is -0.901. The van der Waals surface area contributed by atoms with E-state index in [1.165, 1.54) is 30.8 Å². The number of aryl methyl sites for hydroxylation is 1. The molecule has 1 aromatic carbocycles. The minimum Gasteiger partial charge on any atom is -0.378 e. The van der Waals surface area contributed by atoms with Crippen molar-refractivity contribution >= 4 is 16.6 Å². The summed E-state index contributed by atoms with van der Waals surface area (Å²) in [6.07, 6.45) is 2.56. The highest BCUT2D eigenvalue weighted by Crippen LogP contribution is 2.18. The SMILES string of the molecule is Cc1[nH]c2ccc(N(C)C)cc2c(=O)c1C[NH+]1CCCC1. The van der Waals surface area contributed by atoms with Crippen molar-refractivity contribution in [1.82, 2.24) is 4.98 Å². The van der Waals surface area contributed by atoms with Crippen LogP contribution in [-0.4, -0.2) is 32.2 Å². The number of benzene rings is 1. The van der Waals surface area contributed by atoms with E-state index in [1.807, 2.05) is 44.1 Å². The Morgan fingerprint density at radius 2 is 1.95 bits per heavy atom. The fourth-order valence-corrected chi connectivity index (χ4v) is 3.23. The van der Waals surface area contributed by atoms with Gasteiger partial charge in [-0.25, -0.2) is 0 Å². The number of aromatic amines is 1. The zero-order chi connectivity index (χ0) is 15.0. The van der Waals surface area contributed by atoms with Crippen LogP contribution in [0.5, 0.6) is 0 Å². The average Bonchev–Trinajstić information content (AvgIpc) is 2.96. The Kier molecular flexibility index (Phi) is 3.72. The number of nitrogens with one attached hydrogen (secondary N) is 2. The number of likely N-dealkylation sites (tertiary alicyclic amines) is 1.